The molecule has 0 saturated carbocycles. The van der Waals surface area contributed by atoms with Crippen LogP contribution in [0.3, 0.4) is 0 Å². The third-order valence-electron chi connectivity index (χ3n) is 4.24. The Morgan fingerprint density at radius 2 is 2.22 bits per heavy atom. The van der Waals surface area contributed by atoms with Gasteiger partial charge in [-0.1, -0.05) is 6.07 Å². The molecular weight excluding hydrogens is 224 g/mol. The van der Waals surface area contributed by atoms with E-state index in [0.29, 0.717) is 6.04 Å². The van der Waals surface area contributed by atoms with Crippen LogP contribution in [0.4, 0.5) is 5.69 Å². The summed E-state index contributed by atoms with van der Waals surface area (Å²) in [6, 6.07) is 5.01. The van der Waals surface area contributed by atoms with Crippen LogP contribution in [-0.2, 0) is 6.42 Å². The molecule has 1 unspecified atom stereocenters. The summed E-state index contributed by atoms with van der Waals surface area (Å²) < 4.78 is 5.74. The van der Waals surface area contributed by atoms with Crippen LogP contribution in [0.5, 0.6) is 5.75 Å². The zero-order chi connectivity index (χ0) is 12.5. The topological polar surface area (TPSA) is 24.5 Å². The molecule has 0 aromatic heterocycles. The van der Waals surface area contributed by atoms with E-state index < -0.39 is 0 Å². The molecule has 0 radical (unpaired) electrons. The smallest absolute Gasteiger partial charge is 0.128 e. The fourth-order valence-electron chi connectivity index (χ4n) is 3.31. The van der Waals surface area contributed by atoms with Crippen LogP contribution in [0, 0.1) is 0 Å². The van der Waals surface area contributed by atoms with Crippen LogP contribution in [0.25, 0.3) is 0 Å². The van der Waals surface area contributed by atoms with Crippen molar-refractivity contribution in [2.75, 3.05) is 32.1 Å². The summed E-state index contributed by atoms with van der Waals surface area (Å²) in [6.45, 7) is 2.28. The lowest BCUT2D eigenvalue weighted by Crippen LogP contribution is -2.25. The Labute approximate surface area is 109 Å². The van der Waals surface area contributed by atoms with Crippen molar-refractivity contribution in [3.63, 3.8) is 0 Å². The van der Waals surface area contributed by atoms with Gasteiger partial charge in [0.1, 0.15) is 5.75 Å². The van der Waals surface area contributed by atoms with Crippen LogP contribution in [-0.4, -0.2) is 27.2 Å². The number of hydrogen-bond acceptors (Lipinski definition) is 3. The average Bonchev–Trinajstić information content (AvgIpc) is 2.91. The lowest BCUT2D eigenvalue weighted by Gasteiger charge is -2.30. The van der Waals surface area contributed by atoms with Crippen molar-refractivity contribution in [2.45, 2.75) is 31.7 Å². The van der Waals surface area contributed by atoms with E-state index >= 15 is 0 Å². The van der Waals surface area contributed by atoms with Crippen molar-refractivity contribution in [3.8, 4) is 5.75 Å². The van der Waals surface area contributed by atoms with Crippen molar-refractivity contribution in [2.24, 2.45) is 0 Å². The Morgan fingerprint density at radius 3 is 2.94 bits per heavy atom. The minimum Gasteiger partial charge on any atom is -0.496 e. The molecule has 1 aromatic carbocycles. The van der Waals surface area contributed by atoms with Crippen molar-refractivity contribution < 1.29 is 4.74 Å². The molecule has 1 aromatic rings. The van der Waals surface area contributed by atoms with Crippen LogP contribution in [0.1, 0.15) is 36.4 Å². The largest absolute Gasteiger partial charge is 0.496 e. The second-order valence-corrected chi connectivity index (χ2v) is 5.36. The number of rotatable bonds is 2. The lowest BCUT2D eigenvalue weighted by atomic mass is 9.94. The Kier molecular flexibility index (Phi) is 3.16. The molecule has 0 amide bonds. The molecule has 1 N–H and O–H groups in total. The molecule has 2 aliphatic heterocycles. The highest BCUT2D eigenvalue weighted by molar-refractivity contribution is 5.63. The van der Waals surface area contributed by atoms with E-state index in [1.165, 1.54) is 36.1 Å². The molecular formula is C15H22N2O. The molecule has 0 spiro atoms. The lowest BCUT2D eigenvalue weighted by molar-refractivity contribution is 0.396. The molecule has 3 rings (SSSR count). The van der Waals surface area contributed by atoms with Gasteiger partial charge in [0.25, 0.3) is 0 Å². The minimum atomic E-state index is 0.484. The molecule has 1 saturated heterocycles. The third kappa shape index (κ3) is 1.87. The Hall–Kier alpha value is -1.22. The molecule has 2 aliphatic rings. The fourth-order valence-corrected chi connectivity index (χ4v) is 3.31. The molecule has 0 bridgehead atoms. The highest BCUT2D eigenvalue weighted by Gasteiger charge is 2.25. The molecule has 1 fully saturated rings. The number of hydrogen-bond donors (Lipinski definition) is 1. The van der Waals surface area contributed by atoms with Crippen molar-refractivity contribution in [1.82, 2.24) is 5.32 Å². The molecule has 1 atom stereocenters. The molecule has 98 valence electrons. The van der Waals surface area contributed by atoms with Gasteiger partial charge >= 0.3 is 0 Å². The Bertz CT molecular complexity index is 438. The maximum absolute atomic E-state index is 5.74. The minimum absolute atomic E-state index is 0.484. The zero-order valence-electron chi connectivity index (χ0n) is 11.3. The average molecular weight is 246 g/mol. The summed E-state index contributed by atoms with van der Waals surface area (Å²) in [5.74, 6) is 1.12. The number of fused-ring (bicyclic) bond motifs is 1. The standard InChI is InChI=1S/C15H22N2O/c1-17-10-4-5-12-14(17)8-7-11(15(12)18-2)13-6-3-9-16-13/h7-8,13,16H,3-6,9-10H2,1-2H3. The first-order valence-electron chi connectivity index (χ1n) is 6.95. The Morgan fingerprint density at radius 1 is 1.33 bits per heavy atom. The summed E-state index contributed by atoms with van der Waals surface area (Å²) in [6.07, 6.45) is 4.86. The SMILES string of the molecule is COc1c(C2CCCN2)ccc2c1CCCN2C. The van der Waals surface area contributed by atoms with Crippen LogP contribution in [0.2, 0.25) is 0 Å². The summed E-state index contributed by atoms with van der Waals surface area (Å²) >= 11 is 0. The predicted octanol–water partition coefficient (Wildman–Crippen LogP) is 2.50. The van der Waals surface area contributed by atoms with Gasteiger partial charge in [0, 0.05) is 36.4 Å². The van der Waals surface area contributed by atoms with Gasteiger partial charge < -0.3 is 15.0 Å². The van der Waals surface area contributed by atoms with E-state index in [1.54, 1.807) is 0 Å². The van der Waals surface area contributed by atoms with Gasteiger partial charge in [-0.05, 0) is 38.3 Å². The highest BCUT2D eigenvalue weighted by Crippen LogP contribution is 2.40. The van der Waals surface area contributed by atoms with E-state index in [0.717, 1.165) is 25.3 Å². The third-order valence-corrected chi connectivity index (χ3v) is 4.24. The van der Waals surface area contributed by atoms with Crippen LogP contribution in [0.15, 0.2) is 12.1 Å². The maximum atomic E-state index is 5.74. The van der Waals surface area contributed by atoms with Crippen molar-refractivity contribution in [3.05, 3.63) is 23.3 Å². The first-order chi connectivity index (χ1) is 8.81. The molecule has 0 aliphatic carbocycles. The molecule has 2 heterocycles. The fraction of sp³-hybridized carbons (Fsp3) is 0.600. The molecule has 3 nitrogen and oxygen atoms in total. The van der Waals surface area contributed by atoms with E-state index in [4.69, 9.17) is 4.74 Å². The number of methoxy groups -OCH3 is 1. The van der Waals surface area contributed by atoms with Gasteiger partial charge in [-0.25, -0.2) is 0 Å². The van der Waals surface area contributed by atoms with E-state index in [-0.39, 0.29) is 0 Å². The van der Waals surface area contributed by atoms with Crippen LogP contribution >= 0.6 is 0 Å². The summed E-state index contributed by atoms with van der Waals surface area (Å²) in [7, 11) is 3.98. The first kappa shape index (κ1) is 11.8. The van der Waals surface area contributed by atoms with E-state index in [1.807, 2.05) is 7.11 Å². The molecule has 18 heavy (non-hydrogen) atoms. The summed E-state index contributed by atoms with van der Waals surface area (Å²) in [5, 5.41) is 3.57. The predicted molar refractivity (Wildman–Crippen MR) is 74.6 cm³/mol. The number of ether oxygens (including phenoxy) is 1. The Balaban J connectivity index is 2.05. The highest BCUT2D eigenvalue weighted by atomic mass is 16.5. The van der Waals surface area contributed by atoms with Gasteiger partial charge in [-0.15, -0.1) is 0 Å². The number of nitrogens with one attached hydrogen (secondary N) is 1. The van der Waals surface area contributed by atoms with Crippen molar-refractivity contribution in [1.29, 1.82) is 0 Å². The van der Waals surface area contributed by atoms with Gasteiger partial charge in [0.2, 0.25) is 0 Å². The van der Waals surface area contributed by atoms with Gasteiger partial charge in [-0.2, -0.15) is 0 Å². The zero-order valence-corrected chi connectivity index (χ0v) is 11.3. The summed E-state index contributed by atoms with van der Waals surface area (Å²) in [4.78, 5) is 2.34. The number of benzene rings is 1. The van der Waals surface area contributed by atoms with E-state index in [9.17, 15) is 0 Å². The first-order valence-corrected chi connectivity index (χ1v) is 6.95. The molecule has 3 heteroatoms. The van der Waals surface area contributed by atoms with Crippen LogP contribution < -0.4 is 15.0 Å². The normalized spacial score (nSPS) is 23.0. The monoisotopic (exact) mass is 246 g/mol. The maximum Gasteiger partial charge on any atom is 0.128 e. The second kappa shape index (κ2) is 4.81. The summed E-state index contributed by atoms with van der Waals surface area (Å²) in [5.41, 5.74) is 4.10. The van der Waals surface area contributed by atoms with E-state index in [2.05, 4.69) is 29.4 Å². The van der Waals surface area contributed by atoms with Crippen molar-refractivity contribution >= 4 is 5.69 Å². The van der Waals surface area contributed by atoms with Gasteiger partial charge in [0.05, 0.1) is 7.11 Å². The van der Waals surface area contributed by atoms with Gasteiger partial charge in [0.15, 0.2) is 0 Å². The number of anilines is 1. The van der Waals surface area contributed by atoms with Gasteiger partial charge in [-0.3, -0.25) is 0 Å². The second-order valence-electron chi connectivity index (χ2n) is 5.36. The number of nitrogens with zero attached hydrogens (tertiary/aromatic N) is 1. The quantitative estimate of drug-likeness (QED) is 0.867.